The molecule has 4 aliphatic rings. The monoisotopic (exact) mass is 652 g/mol. The lowest BCUT2D eigenvalue weighted by molar-refractivity contribution is -0.0593. The Morgan fingerprint density at radius 2 is 1.93 bits per heavy atom. The standard InChI is InChI=1S/C35H39F3N4O3S/c1-33-17-23-9-10-26(24(18-33)14-25(23)33)40-27-7-5-13-42-29(27)15-22(32(42)46-35(36,37)38)6-4-12-39-28-11-8-21(16-30(28)44-3)31(43)41-34(2)19-45-20-34/h5,7-8,11,13,15-16,23-26,39-40H,9-10,12,14,17-20H2,1-3H3,(H,41,43)/t23-,24?,25?,26-,33+/m1/s1. The average molecular weight is 653 g/mol. The smallest absolute Gasteiger partial charge is 0.447 e. The molecule has 46 heavy (non-hydrogen) atoms. The van der Waals surface area contributed by atoms with Gasteiger partial charge in [-0.25, -0.2) is 0 Å². The zero-order chi connectivity index (χ0) is 32.3. The van der Waals surface area contributed by atoms with E-state index in [4.69, 9.17) is 9.47 Å². The summed E-state index contributed by atoms with van der Waals surface area (Å²) in [6.45, 7) is 5.45. The van der Waals surface area contributed by atoms with Crippen LogP contribution in [0, 0.1) is 35.0 Å². The minimum atomic E-state index is -4.46. The third-order valence-electron chi connectivity index (χ3n) is 10.5. The second-order valence-corrected chi connectivity index (χ2v) is 15.0. The Balaban J connectivity index is 1.09. The van der Waals surface area contributed by atoms with Gasteiger partial charge < -0.3 is 29.8 Å². The van der Waals surface area contributed by atoms with Crippen LogP contribution >= 0.6 is 11.8 Å². The number of nitrogens with zero attached hydrogens (tertiary/aromatic N) is 1. The van der Waals surface area contributed by atoms with Crippen molar-refractivity contribution in [1.82, 2.24) is 9.72 Å². The van der Waals surface area contributed by atoms with Gasteiger partial charge in [-0.3, -0.25) is 4.79 Å². The van der Waals surface area contributed by atoms with Crippen molar-refractivity contribution in [2.75, 3.05) is 37.5 Å². The minimum Gasteiger partial charge on any atom is -0.495 e. The number of anilines is 2. The molecule has 1 saturated heterocycles. The van der Waals surface area contributed by atoms with E-state index in [0.29, 0.717) is 58.7 Å². The molecule has 3 N–H and O–H groups in total. The highest BCUT2D eigenvalue weighted by Gasteiger charge is 2.58. The van der Waals surface area contributed by atoms with Gasteiger partial charge in [-0.2, -0.15) is 13.2 Å². The molecule has 1 aromatic carbocycles. The molecule has 3 heterocycles. The fraction of sp³-hybridized carbons (Fsp3) is 0.514. The first-order chi connectivity index (χ1) is 21.9. The van der Waals surface area contributed by atoms with Gasteiger partial charge in [0, 0.05) is 29.6 Å². The maximum atomic E-state index is 13.7. The largest absolute Gasteiger partial charge is 0.495 e. The number of fused-ring (bicyclic) bond motifs is 2. The molecule has 2 bridgehead atoms. The number of thioether (sulfide) groups is 1. The van der Waals surface area contributed by atoms with Crippen molar-refractivity contribution in [2.45, 2.75) is 68.1 Å². The van der Waals surface area contributed by atoms with Gasteiger partial charge in [0.2, 0.25) is 0 Å². The summed E-state index contributed by atoms with van der Waals surface area (Å²) in [4.78, 5) is 12.7. The van der Waals surface area contributed by atoms with Crippen molar-refractivity contribution in [3.8, 4) is 17.6 Å². The zero-order valence-electron chi connectivity index (χ0n) is 26.2. The molecular weight excluding hydrogens is 613 g/mol. The lowest BCUT2D eigenvalue weighted by Crippen LogP contribution is -2.59. The number of carbonyl (C=O) groups excluding carboxylic acids is 1. The molecule has 2 aromatic heterocycles. The SMILES string of the molecule is COc1cc(C(=O)NC2(C)COC2)ccc1NCC#Cc1cc2c(N[C@@H]3CC[C@@H]4C[C@@]5(C)CC3CC45)cccn2c1SC(F)(F)F. The Morgan fingerprint density at radius 1 is 1.13 bits per heavy atom. The van der Waals surface area contributed by atoms with E-state index in [1.165, 1.54) is 32.8 Å². The summed E-state index contributed by atoms with van der Waals surface area (Å²) in [7, 11) is 1.51. The van der Waals surface area contributed by atoms with E-state index in [-0.39, 0.29) is 34.8 Å². The Labute approximate surface area is 271 Å². The van der Waals surface area contributed by atoms with E-state index in [0.717, 1.165) is 23.9 Å². The van der Waals surface area contributed by atoms with Gasteiger partial charge in [-0.1, -0.05) is 18.8 Å². The van der Waals surface area contributed by atoms with Crippen LogP contribution in [0.2, 0.25) is 0 Å². The van der Waals surface area contributed by atoms with Gasteiger partial charge in [0.15, 0.2) is 0 Å². The van der Waals surface area contributed by atoms with E-state index >= 15 is 0 Å². The maximum absolute atomic E-state index is 13.7. The number of alkyl halides is 3. The van der Waals surface area contributed by atoms with E-state index in [2.05, 4.69) is 34.7 Å². The Bertz CT molecular complexity index is 1730. The zero-order valence-corrected chi connectivity index (χ0v) is 27.0. The number of hydrogen-bond donors (Lipinski definition) is 3. The number of benzene rings is 1. The lowest BCUT2D eigenvalue weighted by atomic mass is 9.55. The quantitative estimate of drug-likeness (QED) is 0.177. The summed E-state index contributed by atoms with van der Waals surface area (Å²) in [5.74, 6) is 8.45. The molecule has 5 atom stereocenters. The van der Waals surface area contributed by atoms with Crippen LogP contribution in [0.15, 0.2) is 47.6 Å². The van der Waals surface area contributed by atoms with Gasteiger partial charge in [-0.15, -0.1) is 0 Å². The molecule has 3 aliphatic carbocycles. The number of rotatable bonds is 8. The summed E-state index contributed by atoms with van der Waals surface area (Å²) in [5.41, 5.74) is -1.45. The number of methoxy groups -OCH3 is 1. The summed E-state index contributed by atoms with van der Waals surface area (Å²) in [6, 6.07) is 10.9. The summed E-state index contributed by atoms with van der Waals surface area (Å²) < 4.78 is 53.5. The van der Waals surface area contributed by atoms with E-state index < -0.39 is 5.51 Å². The van der Waals surface area contributed by atoms with Crippen LogP contribution in [0.25, 0.3) is 5.52 Å². The van der Waals surface area contributed by atoms with Crippen LogP contribution < -0.4 is 20.7 Å². The lowest BCUT2D eigenvalue weighted by Gasteiger charge is -2.50. The molecule has 0 spiro atoms. The first-order valence-corrected chi connectivity index (χ1v) is 16.7. The molecule has 7 nitrogen and oxygen atoms in total. The van der Waals surface area contributed by atoms with Crippen LogP contribution in [0.5, 0.6) is 5.75 Å². The van der Waals surface area contributed by atoms with Crippen LogP contribution in [0.1, 0.15) is 61.9 Å². The van der Waals surface area contributed by atoms with Crippen LogP contribution in [-0.2, 0) is 4.74 Å². The predicted molar refractivity (Wildman–Crippen MR) is 173 cm³/mol. The molecule has 244 valence electrons. The van der Waals surface area contributed by atoms with E-state index in [1.807, 2.05) is 13.0 Å². The van der Waals surface area contributed by atoms with E-state index in [9.17, 15) is 18.0 Å². The topological polar surface area (TPSA) is 76.0 Å². The highest BCUT2D eigenvalue weighted by atomic mass is 32.2. The average Bonchev–Trinajstić information content (AvgIpc) is 3.41. The fourth-order valence-electron chi connectivity index (χ4n) is 8.33. The van der Waals surface area contributed by atoms with Crippen LogP contribution in [-0.4, -0.2) is 54.3 Å². The van der Waals surface area contributed by atoms with Gasteiger partial charge in [0.25, 0.3) is 5.91 Å². The molecule has 1 aliphatic heterocycles. The number of hydrogen-bond acceptors (Lipinski definition) is 6. The van der Waals surface area contributed by atoms with Crippen molar-refractivity contribution in [1.29, 1.82) is 0 Å². The van der Waals surface area contributed by atoms with Gasteiger partial charge >= 0.3 is 5.51 Å². The van der Waals surface area contributed by atoms with Crippen molar-refractivity contribution < 1.29 is 27.4 Å². The molecule has 2 unspecified atom stereocenters. The van der Waals surface area contributed by atoms with Crippen molar-refractivity contribution in [2.24, 2.45) is 23.2 Å². The molecule has 11 heteroatoms. The second-order valence-electron chi connectivity index (χ2n) is 13.9. The number of halogens is 3. The molecule has 3 aromatic rings. The van der Waals surface area contributed by atoms with Crippen molar-refractivity contribution in [3.05, 3.63) is 53.7 Å². The van der Waals surface area contributed by atoms with Crippen molar-refractivity contribution >= 4 is 34.6 Å². The number of nitrogens with one attached hydrogen (secondary N) is 3. The molecule has 4 fully saturated rings. The van der Waals surface area contributed by atoms with Crippen LogP contribution in [0.3, 0.4) is 0 Å². The normalized spacial score (nSPS) is 27.4. The Kier molecular flexibility index (Phi) is 7.87. The molecule has 3 saturated carbocycles. The Hall–Kier alpha value is -3.49. The summed E-state index contributed by atoms with van der Waals surface area (Å²) in [6.07, 6.45) is 7.80. The number of amides is 1. The third kappa shape index (κ3) is 5.90. The van der Waals surface area contributed by atoms with Gasteiger partial charge in [-0.05, 0) is 98.6 Å². The minimum absolute atomic E-state index is 0.0488. The molecule has 7 rings (SSSR count). The highest BCUT2D eigenvalue weighted by Crippen LogP contribution is 2.66. The molecular formula is C35H39F3N4O3S. The summed E-state index contributed by atoms with van der Waals surface area (Å²) in [5, 5.41) is 9.96. The second kappa shape index (κ2) is 11.6. The third-order valence-corrected chi connectivity index (χ3v) is 11.4. The number of aromatic nitrogens is 1. The first kappa shape index (κ1) is 31.1. The van der Waals surface area contributed by atoms with E-state index in [1.54, 1.807) is 40.9 Å². The number of pyridine rings is 1. The number of ether oxygens (including phenoxy) is 2. The van der Waals surface area contributed by atoms with Gasteiger partial charge in [0.05, 0.1) is 54.9 Å². The highest BCUT2D eigenvalue weighted by molar-refractivity contribution is 8.00. The van der Waals surface area contributed by atoms with Crippen molar-refractivity contribution in [3.63, 3.8) is 0 Å². The first-order valence-electron chi connectivity index (χ1n) is 15.9. The Morgan fingerprint density at radius 3 is 2.67 bits per heavy atom. The fourth-order valence-corrected chi connectivity index (χ4v) is 9.03. The maximum Gasteiger partial charge on any atom is 0.447 e. The molecule has 1 amide bonds. The summed E-state index contributed by atoms with van der Waals surface area (Å²) >= 11 is -0.140. The predicted octanol–water partition coefficient (Wildman–Crippen LogP) is 7.17. The number of carbonyl (C=O) groups is 1. The molecule has 0 radical (unpaired) electrons. The van der Waals surface area contributed by atoms with Crippen LogP contribution in [0.4, 0.5) is 24.5 Å². The van der Waals surface area contributed by atoms with Gasteiger partial charge in [0.1, 0.15) is 10.8 Å².